The van der Waals surface area contributed by atoms with Crippen molar-refractivity contribution in [2.75, 3.05) is 16.4 Å². The molecule has 0 aliphatic heterocycles. The number of aromatic nitrogens is 3. The summed E-state index contributed by atoms with van der Waals surface area (Å²) in [5.74, 6) is -0.0962. The number of nitrogens with one attached hydrogen (secondary N) is 1. The van der Waals surface area contributed by atoms with E-state index in [1.54, 1.807) is 24.3 Å². The van der Waals surface area contributed by atoms with Crippen LogP contribution >= 0.6 is 11.6 Å². The average Bonchev–Trinajstić information content (AvgIpc) is 2.82. The zero-order valence-corrected chi connectivity index (χ0v) is 10.9. The fraction of sp³-hybridized carbons (Fsp3) is 0.200. The minimum absolute atomic E-state index is 0.0425. The van der Waals surface area contributed by atoms with Gasteiger partial charge >= 0.3 is 0 Å². The van der Waals surface area contributed by atoms with Crippen molar-refractivity contribution in [3.63, 3.8) is 0 Å². The number of nitrogens with zero attached hydrogens (tertiary/aromatic N) is 3. The third-order valence-electron chi connectivity index (χ3n) is 2.18. The SMILES string of the molecule is O=S(=O)(CCCl)Nc1ccccc1-n1cncn1. The van der Waals surface area contributed by atoms with Gasteiger partial charge in [0.15, 0.2) is 0 Å². The van der Waals surface area contributed by atoms with Crippen LogP contribution in [-0.4, -0.2) is 34.8 Å². The molecule has 1 N–H and O–H groups in total. The first-order chi connectivity index (χ1) is 8.62. The normalized spacial score (nSPS) is 11.4. The molecule has 1 heterocycles. The molecule has 8 heteroatoms. The van der Waals surface area contributed by atoms with Crippen LogP contribution in [0.5, 0.6) is 0 Å². The van der Waals surface area contributed by atoms with Gasteiger partial charge in [0.25, 0.3) is 0 Å². The topological polar surface area (TPSA) is 76.9 Å². The Morgan fingerprint density at radius 2 is 2.11 bits per heavy atom. The van der Waals surface area contributed by atoms with Crippen LogP contribution in [0.25, 0.3) is 5.69 Å². The molecule has 96 valence electrons. The van der Waals surface area contributed by atoms with Crippen molar-refractivity contribution in [3.05, 3.63) is 36.9 Å². The molecule has 0 radical (unpaired) electrons. The summed E-state index contributed by atoms with van der Waals surface area (Å²) in [6, 6.07) is 6.92. The molecule has 0 unspecified atom stereocenters. The Labute approximate surface area is 110 Å². The highest BCUT2D eigenvalue weighted by molar-refractivity contribution is 7.92. The van der Waals surface area contributed by atoms with Crippen molar-refractivity contribution >= 4 is 27.3 Å². The lowest BCUT2D eigenvalue weighted by Crippen LogP contribution is -2.18. The maximum Gasteiger partial charge on any atom is 0.233 e. The van der Waals surface area contributed by atoms with Crippen molar-refractivity contribution in [2.45, 2.75) is 0 Å². The molecular weight excluding hydrogens is 276 g/mol. The average molecular weight is 287 g/mol. The largest absolute Gasteiger partial charge is 0.281 e. The van der Waals surface area contributed by atoms with E-state index in [-0.39, 0.29) is 11.6 Å². The smallest absolute Gasteiger partial charge is 0.233 e. The van der Waals surface area contributed by atoms with Gasteiger partial charge in [-0.15, -0.1) is 11.6 Å². The second-order valence-electron chi connectivity index (χ2n) is 3.47. The number of benzene rings is 1. The monoisotopic (exact) mass is 286 g/mol. The molecule has 18 heavy (non-hydrogen) atoms. The number of rotatable bonds is 5. The molecule has 1 aromatic carbocycles. The Morgan fingerprint density at radius 3 is 2.78 bits per heavy atom. The summed E-state index contributed by atoms with van der Waals surface area (Å²) in [6.45, 7) is 0. The summed E-state index contributed by atoms with van der Waals surface area (Å²) in [4.78, 5) is 3.83. The van der Waals surface area contributed by atoms with Gasteiger partial charge in [-0.3, -0.25) is 4.72 Å². The van der Waals surface area contributed by atoms with Crippen LogP contribution in [0.2, 0.25) is 0 Å². The number of hydrogen-bond donors (Lipinski definition) is 1. The van der Waals surface area contributed by atoms with Crippen LogP contribution < -0.4 is 4.72 Å². The Balaban J connectivity index is 2.35. The van der Waals surface area contributed by atoms with Gasteiger partial charge in [0, 0.05) is 5.88 Å². The van der Waals surface area contributed by atoms with Crippen LogP contribution in [-0.2, 0) is 10.0 Å². The third kappa shape index (κ3) is 2.99. The first-order valence-corrected chi connectivity index (χ1v) is 7.31. The molecule has 1 aromatic heterocycles. The van der Waals surface area contributed by atoms with Crippen LogP contribution in [0.3, 0.4) is 0 Å². The van der Waals surface area contributed by atoms with E-state index in [0.717, 1.165) is 0 Å². The Kier molecular flexibility index (Phi) is 3.83. The first-order valence-electron chi connectivity index (χ1n) is 5.13. The number of halogens is 1. The molecule has 2 rings (SSSR count). The van der Waals surface area contributed by atoms with E-state index in [2.05, 4.69) is 14.8 Å². The second-order valence-corrected chi connectivity index (χ2v) is 5.69. The van der Waals surface area contributed by atoms with Crippen LogP contribution in [0.15, 0.2) is 36.9 Å². The van der Waals surface area contributed by atoms with Gasteiger partial charge in [-0.2, -0.15) is 5.10 Å². The predicted molar refractivity (Wildman–Crippen MR) is 69.5 cm³/mol. The molecule has 0 aliphatic carbocycles. The summed E-state index contributed by atoms with van der Waals surface area (Å²) in [5, 5.41) is 3.97. The minimum Gasteiger partial charge on any atom is -0.281 e. The Bertz CT molecular complexity index is 613. The molecule has 6 nitrogen and oxygen atoms in total. The summed E-state index contributed by atoms with van der Waals surface area (Å²) >= 11 is 5.44. The maximum absolute atomic E-state index is 11.7. The van der Waals surface area contributed by atoms with Gasteiger partial charge in [0.1, 0.15) is 12.7 Å². The highest BCUT2D eigenvalue weighted by atomic mass is 35.5. The van der Waals surface area contributed by atoms with E-state index in [0.29, 0.717) is 11.4 Å². The molecule has 0 fully saturated rings. The molecule has 0 saturated carbocycles. The van der Waals surface area contributed by atoms with Crippen molar-refractivity contribution in [2.24, 2.45) is 0 Å². The number of sulfonamides is 1. The maximum atomic E-state index is 11.7. The lowest BCUT2D eigenvalue weighted by molar-refractivity contribution is 0.602. The van der Waals surface area contributed by atoms with Crippen molar-refractivity contribution < 1.29 is 8.42 Å². The molecule has 0 saturated heterocycles. The fourth-order valence-corrected chi connectivity index (χ4v) is 2.83. The standard InChI is InChI=1S/C10H11ClN4O2S/c11-5-6-18(16,17)14-9-3-1-2-4-10(9)15-8-12-7-13-15/h1-4,7-8,14H,5-6H2. The summed E-state index contributed by atoms with van der Waals surface area (Å²) in [6.07, 6.45) is 2.87. The molecule has 0 amide bonds. The molecule has 0 spiro atoms. The molecule has 2 aromatic rings. The van der Waals surface area contributed by atoms with Crippen LogP contribution in [0.4, 0.5) is 5.69 Å². The van der Waals surface area contributed by atoms with E-state index in [9.17, 15) is 8.42 Å². The van der Waals surface area contributed by atoms with E-state index >= 15 is 0 Å². The van der Waals surface area contributed by atoms with E-state index in [1.807, 2.05) is 0 Å². The van der Waals surface area contributed by atoms with Gasteiger partial charge < -0.3 is 0 Å². The molecule has 0 atom stereocenters. The highest BCUT2D eigenvalue weighted by Crippen LogP contribution is 2.19. The van der Waals surface area contributed by atoms with E-state index in [4.69, 9.17) is 11.6 Å². The number of para-hydroxylation sites is 2. The Morgan fingerprint density at radius 1 is 1.33 bits per heavy atom. The zero-order chi connectivity index (χ0) is 13.0. The lowest BCUT2D eigenvalue weighted by atomic mass is 10.3. The molecule has 0 bridgehead atoms. The molecular formula is C10H11ClN4O2S. The number of anilines is 1. The first kappa shape index (κ1) is 12.8. The van der Waals surface area contributed by atoms with E-state index < -0.39 is 10.0 Å². The Hall–Kier alpha value is -1.60. The van der Waals surface area contributed by atoms with Gasteiger partial charge in [0.05, 0.1) is 17.1 Å². The fourth-order valence-electron chi connectivity index (χ4n) is 1.41. The quantitative estimate of drug-likeness (QED) is 0.839. The second kappa shape index (κ2) is 5.36. The van der Waals surface area contributed by atoms with E-state index in [1.165, 1.54) is 17.3 Å². The van der Waals surface area contributed by atoms with Gasteiger partial charge in [-0.05, 0) is 12.1 Å². The third-order valence-corrected chi connectivity index (χ3v) is 3.87. The minimum atomic E-state index is -3.44. The zero-order valence-electron chi connectivity index (χ0n) is 9.32. The van der Waals surface area contributed by atoms with Crippen molar-refractivity contribution in [3.8, 4) is 5.69 Å². The number of alkyl halides is 1. The highest BCUT2D eigenvalue weighted by Gasteiger charge is 2.13. The lowest BCUT2D eigenvalue weighted by Gasteiger charge is -2.11. The summed E-state index contributed by atoms with van der Waals surface area (Å²) in [5.41, 5.74) is 1.04. The summed E-state index contributed by atoms with van der Waals surface area (Å²) < 4.78 is 27.3. The predicted octanol–water partition coefficient (Wildman–Crippen LogP) is 1.25. The van der Waals surface area contributed by atoms with Gasteiger partial charge in [-0.1, -0.05) is 12.1 Å². The van der Waals surface area contributed by atoms with Crippen molar-refractivity contribution in [1.29, 1.82) is 0 Å². The van der Waals surface area contributed by atoms with Crippen LogP contribution in [0.1, 0.15) is 0 Å². The number of hydrogen-bond acceptors (Lipinski definition) is 4. The van der Waals surface area contributed by atoms with Crippen LogP contribution in [0, 0.1) is 0 Å². The van der Waals surface area contributed by atoms with Gasteiger partial charge in [-0.25, -0.2) is 18.1 Å². The molecule has 0 aliphatic rings. The van der Waals surface area contributed by atoms with Crippen molar-refractivity contribution in [1.82, 2.24) is 14.8 Å². The van der Waals surface area contributed by atoms with Gasteiger partial charge in [0.2, 0.25) is 10.0 Å². The summed E-state index contributed by atoms with van der Waals surface area (Å²) in [7, 11) is -3.44.